The van der Waals surface area contributed by atoms with Crippen LogP contribution in [0.1, 0.15) is 19.8 Å². The van der Waals surface area contributed by atoms with Crippen LogP contribution in [0.15, 0.2) is 29.3 Å². The molecule has 27 heavy (non-hydrogen) atoms. The third kappa shape index (κ3) is 5.09. The Balaban J connectivity index is 1.51. The van der Waals surface area contributed by atoms with Crippen LogP contribution >= 0.6 is 11.3 Å². The molecule has 0 radical (unpaired) electrons. The monoisotopic (exact) mass is 389 g/mol. The number of hydrogen-bond donors (Lipinski definition) is 2. The topological polar surface area (TPSA) is 78.9 Å². The van der Waals surface area contributed by atoms with Gasteiger partial charge in [-0.15, -0.1) is 0 Å². The maximum absolute atomic E-state index is 11.7. The van der Waals surface area contributed by atoms with Crippen molar-refractivity contribution in [2.75, 3.05) is 45.2 Å². The number of piperidine rings is 1. The van der Waals surface area contributed by atoms with Crippen LogP contribution in [0, 0.1) is 5.92 Å². The number of aliphatic imine (C=N–C) groups is 1. The number of nitrogens with zero attached hydrogens (tertiary/aromatic N) is 3. The normalized spacial score (nSPS) is 15.8. The van der Waals surface area contributed by atoms with E-state index in [1.165, 1.54) is 11.8 Å². The van der Waals surface area contributed by atoms with Gasteiger partial charge in [0.15, 0.2) is 11.1 Å². The van der Waals surface area contributed by atoms with Crippen molar-refractivity contribution in [2.45, 2.75) is 19.8 Å². The molecule has 1 saturated heterocycles. The van der Waals surface area contributed by atoms with Crippen molar-refractivity contribution in [3.8, 4) is 0 Å². The van der Waals surface area contributed by atoms with Gasteiger partial charge in [0.2, 0.25) is 0 Å². The smallest absolute Gasteiger partial charge is 0.308 e. The molecule has 3 rings (SSSR count). The Labute approximate surface area is 163 Å². The average molecular weight is 390 g/mol. The molecule has 8 heteroatoms. The number of carbonyl (C=O) groups excluding carboxylic acids is 1. The highest BCUT2D eigenvalue weighted by molar-refractivity contribution is 7.22. The predicted octanol–water partition coefficient (Wildman–Crippen LogP) is 2.56. The molecular formula is C19H27N5O2S. The molecule has 1 aromatic carbocycles. The van der Waals surface area contributed by atoms with E-state index in [0.717, 1.165) is 55.6 Å². The first-order valence-corrected chi connectivity index (χ1v) is 10.2. The number of thiazole rings is 1. The zero-order valence-electron chi connectivity index (χ0n) is 15.9. The van der Waals surface area contributed by atoms with Gasteiger partial charge in [-0.2, -0.15) is 0 Å². The summed E-state index contributed by atoms with van der Waals surface area (Å²) in [6, 6.07) is 8.14. The lowest BCUT2D eigenvalue weighted by atomic mass is 9.97. The molecule has 2 N–H and O–H groups in total. The van der Waals surface area contributed by atoms with Crippen LogP contribution in [0.5, 0.6) is 0 Å². The highest BCUT2D eigenvalue weighted by Crippen LogP contribution is 2.25. The van der Waals surface area contributed by atoms with Crippen LogP contribution in [0.3, 0.4) is 0 Å². The molecule has 2 aromatic rings. The Kier molecular flexibility index (Phi) is 6.86. The minimum atomic E-state index is -0.100. The summed E-state index contributed by atoms with van der Waals surface area (Å²) in [7, 11) is 1.46. The second kappa shape index (κ2) is 9.55. The quantitative estimate of drug-likeness (QED) is 0.342. The van der Waals surface area contributed by atoms with Crippen molar-refractivity contribution in [1.29, 1.82) is 0 Å². The maximum atomic E-state index is 11.7. The molecule has 1 aromatic heterocycles. The number of likely N-dealkylation sites (tertiary alicyclic amines) is 1. The summed E-state index contributed by atoms with van der Waals surface area (Å²) in [5, 5.41) is 7.63. The van der Waals surface area contributed by atoms with Gasteiger partial charge in [-0.1, -0.05) is 23.5 Å². The fourth-order valence-electron chi connectivity index (χ4n) is 3.19. The fraction of sp³-hybridized carbons (Fsp3) is 0.526. The molecule has 0 saturated carbocycles. The van der Waals surface area contributed by atoms with Gasteiger partial charge in [0.25, 0.3) is 0 Å². The average Bonchev–Trinajstić information content (AvgIpc) is 3.12. The molecular weight excluding hydrogens is 362 g/mol. The number of para-hydroxylation sites is 1. The number of hydrogen-bond acceptors (Lipinski definition) is 6. The molecule has 1 fully saturated rings. The summed E-state index contributed by atoms with van der Waals surface area (Å²) in [5.41, 5.74) is 1.02. The molecule has 1 aliphatic heterocycles. The number of benzene rings is 1. The molecule has 0 unspecified atom stereocenters. The molecule has 2 heterocycles. The molecule has 0 aliphatic carbocycles. The predicted molar refractivity (Wildman–Crippen MR) is 110 cm³/mol. The second-order valence-electron chi connectivity index (χ2n) is 6.43. The summed E-state index contributed by atoms with van der Waals surface area (Å²) in [6.07, 6.45) is 1.61. The van der Waals surface area contributed by atoms with E-state index in [-0.39, 0.29) is 11.9 Å². The molecule has 7 nitrogen and oxygen atoms in total. The van der Waals surface area contributed by atoms with Crippen LogP contribution in [0.4, 0.5) is 5.13 Å². The zero-order chi connectivity index (χ0) is 19.1. The number of carbonyl (C=O) groups is 1. The first kappa shape index (κ1) is 19.4. The number of anilines is 1. The SMILES string of the molecule is CCNC(=NCCNc1nc2ccccc2s1)N1CCC(C(=O)OC)CC1. The van der Waals surface area contributed by atoms with Gasteiger partial charge >= 0.3 is 5.97 Å². The molecule has 1 aliphatic rings. The summed E-state index contributed by atoms with van der Waals surface area (Å²) in [4.78, 5) is 23.2. The highest BCUT2D eigenvalue weighted by atomic mass is 32.1. The Morgan fingerprint density at radius 2 is 2.15 bits per heavy atom. The van der Waals surface area contributed by atoms with Gasteiger partial charge in [0, 0.05) is 26.2 Å². The van der Waals surface area contributed by atoms with Crippen molar-refractivity contribution in [3.63, 3.8) is 0 Å². The van der Waals surface area contributed by atoms with E-state index in [0.29, 0.717) is 6.54 Å². The Morgan fingerprint density at radius 3 is 2.85 bits per heavy atom. The minimum absolute atomic E-state index is 0.00910. The van der Waals surface area contributed by atoms with Crippen LogP contribution in [0.25, 0.3) is 10.2 Å². The molecule has 0 amide bonds. The van der Waals surface area contributed by atoms with Gasteiger partial charge in [-0.05, 0) is 31.9 Å². The van der Waals surface area contributed by atoms with Gasteiger partial charge in [0.05, 0.1) is 29.8 Å². The van der Waals surface area contributed by atoms with E-state index in [4.69, 9.17) is 9.73 Å². The van der Waals surface area contributed by atoms with Crippen LogP contribution in [-0.2, 0) is 9.53 Å². The van der Waals surface area contributed by atoms with Crippen molar-refractivity contribution >= 4 is 38.6 Å². The van der Waals surface area contributed by atoms with E-state index in [1.807, 2.05) is 18.2 Å². The third-order valence-electron chi connectivity index (χ3n) is 4.61. The van der Waals surface area contributed by atoms with Gasteiger partial charge in [0.1, 0.15) is 0 Å². The summed E-state index contributed by atoms with van der Waals surface area (Å²) < 4.78 is 6.05. The highest BCUT2D eigenvalue weighted by Gasteiger charge is 2.26. The van der Waals surface area contributed by atoms with E-state index < -0.39 is 0 Å². The summed E-state index contributed by atoms with van der Waals surface area (Å²) >= 11 is 1.66. The number of aromatic nitrogens is 1. The molecule has 0 bridgehead atoms. The van der Waals surface area contributed by atoms with Crippen LogP contribution in [0.2, 0.25) is 0 Å². The first-order chi connectivity index (χ1) is 13.2. The van der Waals surface area contributed by atoms with Gasteiger partial charge < -0.3 is 20.3 Å². The summed E-state index contributed by atoms with van der Waals surface area (Å²) in [5.74, 6) is 0.818. The van der Waals surface area contributed by atoms with E-state index >= 15 is 0 Å². The first-order valence-electron chi connectivity index (χ1n) is 9.41. The van der Waals surface area contributed by atoms with E-state index in [1.54, 1.807) is 11.3 Å². The second-order valence-corrected chi connectivity index (χ2v) is 7.46. The lowest BCUT2D eigenvalue weighted by molar-refractivity contribution is -0.146. The Morgan fingerprint density at radius 1 is 1.37 bits per heavy atom. The lowest BCUT2D eigenvalue weighted by Gasteiger charge is -2.33. The van der Waals surface area contributed by atoms with Crippen LogP contribution in [-0.4, -0.2) is 61.6 Å². The molecule has 146 valence electrons. The maximum Gasteiger partial charge on any atom is 0.308 e. The Bertz CT molecular complexity index is 750. The number of methoxy groups -OCH3 is 1. The minimum Gasteiger partial charge on any atom is -0.469 e. The number of ether oxygens (including phenoxy) is 1. The Hall–Kier alpha value is -2.35. The van der Waals surface area contributed by atoms with E-state index in [2.05, 4.69) is 33.5 Å². The van der Waals surface area contributed by atoms with Crippen molar-refractivity contribution in [3.05, 3.63) is 24.3 Å². The van der Waals surface area contributed by atoms with Crippen LogP contribution < -0.4 is 10.6 Å². The third-order valence-corrected chi connectivity index (χ3v) is 5.60. The van der Waals surface area contributed by atoms with Crippen molar-refractivity contribution in [1.82, 2.24) is 15.2 Å². The number of fused-ring (bicyclic) bond motifs is 1. The largest absolute Gasteiger partial charge is 0.469 e. The van der Waals surface area contributed by atoms with E-state index in [9.17, 15) is 4.79 Å². The standard InChI is InChI=1S/C19H27N5O2S/c1-3-20-18(24-12-8-14(9-13-24)17(25)26-2)21-10-11-22-19-23-15-6-4-5-7-16(15)27-19/h4-7,14H,3,8-13H2,1-2H3,(H,20,21)(H,22,23). The number of guanidine groups is 1. The number of esters is 1. The fourth-order valence-corrected chi connectivity index (χ4v) is 4.08. The lowest BCUT2D eigenvalue weighted by Crippen LogP contribution is -2.46. The molecule has 0 spiro atoms. The molecule has 0 atom stereocenters. The van der Waals surface area contributed by atoms with Crippen molar-refractivity contribution < 1.29 is 9.53 Å². The zero-order valence-corrected chi connectivity index (χ0v) is 16.7. The number of rotatable bonds is 6. The van der Waals surface area contributed by atoms with Gasteiger partial charge in [-0.25, -0.2) is 4.98 Å². The van der Waals surface area contributed by atoms with Crippen molar-refractivity contribution in [2.24, 2.45) is 10.9 Å². The van der Waals surface area contributed by atoms with Gasteiger partial charge in [-0.3, -0.25) is 9.79 Å². The summed E-state index contributed by atoms with van der Waals surface area (Å²) in [6.45, 7) is 5.91. The number of nitrogens with one attached hydrogen (secondary N) is 2.